The summed E-state index contributed by atoms with van der Waals surface area (Å²) in [6, 6.07) is 10.8. The molecular weight excluding hydrogens is 361 g/mol. The Bertz CT molecular complexity index is 1040. The number of amides is 1. The Hall–Kier alpha value is -3.29. The molecule has 3 aromatic rings. The lowest BCUT2D eigenvalue weighted by molar-refractivity contribution is -0.137. The lowest BCUT2D eigenvalue weighted by Crippen LogP contribution is -2.27. The summed E-state index contributed by atoms with van der Waals surface area (Å²) in [6.07, 6.45) is -2.97. The quantitative estimate of drug-likeness (QED) is 0.756. The van der Waals surface area contributed by atoms with Crippen LogP contribution in [0.2, 0.25) is 0 Å². The molecule has 1 aromatic heterocycles. The van der Waals surface area contributed by atoms with Gasteiger partial charge >= 0.3 is 6.18 Å². The molecule has 0 saturated carbocycles. The smallest absolute Gasteiger partial charge is 0.416 e. The van der Waals surface area contributed by atoms with Gasteiger partial charge in [0, 0.05) is 17.3 Å². The number of carbonyl (C=O) groups excluding carboxylic acids is 1. The minimum atomic E-state index is -4.44. The number of hydrogen-bond donors (Lipinski definition) is 1. The molecular formula is C19H15F3N2O3. The number of anilines is 1. The van der Waals surface area contributed by atoms with Crippen LogP contribution in [-0.2, 0) is 17.5 Å². The van der Waals surface area contributed by atoms with Crippen LogP contribution < -0.4 is 15.6 Å². The molecule has 0 atom stereocenters. The van der Waals surface area contributed by atoms with E-state index in [-0.39, 0.29) is 17.8 Å². The number of aromatic nitrogens is 1. The normalized spacial score (nSPS) is 11.4. The highest BCUT2D eigenvalue weighted by molar-refractivity contribution is 5.91. The van der Waals surface area contributed by atoms with E-state index in [1.54, 1.807) is 24.3 Å². The van der Waals surface area contributed by atoms with E-state index in [2.05, 4.69) is 5.32 Å². The van der Waals surface area contributed by atoms with E-state index < -0.39 is 17.6 Å². The Morgan fingerprint density at radius 1 is 1.07 bits per heavy atom. The third-order valence-corrected chi connectivity index (χ3v) is 4.01. The SMILES string of the molecule is COc1cccc2c(=O)n(CC(=O)Nc3ccc(C(F)(F)F)cc3)ccc12. The predicted octanol–water partition coefficient (Wildman–Crippen LogP) is 3.67. The fraction of sp³-hybridized carbons (Fsp3) is 0.158. The van der Waals surface area contributed by atoms with Crippen LogP contribution in [0, 0.1) is 0 Å². The van der Waals surface area contributed by atoms with E-state index in [9.17, 15) is 22.8 Å². The topological polar surface area (TPSA) is 60.3 Å². The van der Waals surface area contributed by atoms with Crippen LogP contribution in [0.5, 0.6) is 5.75 Å². The van der Waals surface area contributed by atoms with Crippen LogP contribution in [0.4, 0.5) is 18.9 Å². The molecule has 8 heteroatoms. The predicted molar refractivity (Wildman–Crippen MR) is 94.8 cm³/mol. The van der Waals surface area contributed by atoms with Crippen molar-refractivity contribution in [1.82, 2.24) is 4.57 Å². The second kappa shape index (κ2) is 7.14. The van der Waals surface area contributed by atoms with Gasteiger partial charge < -0.3 is 14.6 Å². The van der Waals surface area contributed by atoms with E-state index in [1.165, 1.54) is 17.9 Å². The molecule has 0 saturated heterocycles. The molecule has 1 heterocycles. The van der Waals surface area contributed by atoms with Crippen molar-refractivity contribution in [3.05, 3.63) is 70.6 Å². The van der Waals surface area contributed by atoms with Crippen LogP contribution in [0.3, 0.4) is 0 Å². The van der Waals surface area contributed by atoms with Crippen molar-refractivity contribution in [1.29, 1.82) is 0 Å². The number of carbonyl (C=O) groups is 1. The Balaban J connectivity index is 1.78. The fourth-order valence-corrected chi connectivity index (χ4v) is 2.69. The summed E-state index contributed by atoms with van der Waals surface area (Å²) in [6.45, 7) is -0.271. The van der Waals surface area contributed by atoms with Crippen LogP contribution in [0.1, 0.15) is 5.56 Å². The number of ether oxygens (including phenoxy) is 1. The summed E-state index contributed by atoms with van der Waals surface area (Å²) in [5.74, 6) is 0.0186. The lowest BCUT2D eigenvalue weighted by Gasteiger charge is -2.11. The minimum absolute atomic E-state index is 0.212. The van der Waals surface area contributed by atoms with Gasteiger partial charge in [0.15, 0.2) is 0 Å². The van der Waals surface area contributed by atoms with Crippen molar-refractivity contribution in [3.8, 4) is 5.75 Å². The van der Waals surface area contributed by atoms with Gasteiger partial charge in [-0.1, -0.05) is 6.07 Å². The Kier molecular flexibility index (Phi) is 4.89. The standard InChI is InChI=1S/C19H15F3N2O3/c1-27-16-4-2-3-15-14(16)9-10-24(18(15)26)11-17(25)23-13-7-5-12(6-8-13)19(20,21)22/h2-10H,11H2,1H3,(H,23,25). The first-order valence-electron chi connectivity index (χ1n) is 7.93. The number of rotatable bonds is 4. The summed E-state index contributed by atoms with van der Waals surface area (Å²) in [5.41, 5.74) is -0.960. The van der Waals surface area contributed by atoms with E-state index in [0.717, 1.165) is 24.3 Å². The molecule has 0 fully saturated rings. The van der Waals surface area contributed by atoms with Crippen molar-refractivity contribution >= 4 is 22.4 Å². The number of nitrogens with one attached hydrogen (secondary N) is 1. The maximum absolute atomic E-state index is 12.6. The van der Waals surface area contributed by atoms with Gasteiger partial charge in [-0.3, -0.25) is 9.59 Å². The van der Waals surface area contributed by atoms with Crippen molar-refractivity contribution in [3.63, 3.8) is 0 Å². The molecule has 0 spiro atoms. The second-order valence-corrected chi connectivity index (χ2v) is 5.79. The fourth-order valence-electron chi connectivity index (χ4n) is 2.69. The van der Waals surface area contributed by atoms with Crippen molar-refractivity contribution < 1.29 is 22.7 Å². The van der Waals surface area contributed by atoms with Gasteiger partial charge in [0.05, 0.1) is 18.1 Å². The molecule has 0 aliphatic heterocycles. The number of alkyl halides is 3. The number of nitrogens with zero attached hydrogens (tertiary/aromatic N) is 1. The summed E-state index contributed by atoms with van der Waals surface area (Å²) < 4.78 is 44.1. The number of pyridine rings is 1. The van der Waals surface area contributed by atoms with E-state index in [0.29, 0.717) is 16.5 Å². The Morgan fingerprint density at radius 2 is 1.78 bits per heavy atom. The summed E-state index contributed by atoms with van der Waals surface area (Å²) in [5, 5.41) is 3.51. The lowest BCUT2D eigenvalue weighted by atomic mass is 10.1. The maximum atomic E-state index is 12.6. The van der Waals surface area contributed by atoms with Gasteiger partial charge in [-0.15, -0.1) is 0 Å². The molecule has 140 valence electrons. The van der Waals surface area contributed by atoms with E-state index >= 15 is 0 Å². The van der Waals surface area contributed by atoms with Gasteiger partial charge in [-0.2, -0.15) is 13.2 Å². The average Bonchev–Trinajstić information content (AvgIpc) is 2.63. The summed E-state index contributed by atoms with van der Waals surface area (Å²) >= 11 is 0. The van der Waals surface area contributed by atoms with Crippen LogP contribution in [0.15, 0.2) is 59.5 Å². The molecule has 0 bridgehead atoms. The monoisotopic (exact) mass is 376 g/mol. The molecule has 3 rings (SSSR count). The largest absolute Gasteiger partial charge is 0.496 e. The molecule has 1 amide bonds. The Labute approximate surface area is 152 Å². The van der Waals surface area contributed by atoms with Gasteiger partial charge in [-0.25, -0.2) is 0 Å². The first kappa shape index (κ1) is 18.5. The van der Waals surface area contributed by atoms with Gasteiger partial charge in [0.25, 0.3) is 5.56 Å². The van der Waals surface area contributed by atoms with Crippen LogP contribution >= 0.6 is 0 Å². The van der Waals surface area contributed by atoms with Crippen LogP contribution in [-0.4, -0.2) is 17.6 Å². The zero-order valence-electron chi connectivity index (χ0n) is 14.2. The molecule has 0 aliphatic carbocycles. The first-order valence-corrected chi connectivity index (χ1v) is 7.93. The number of hydrogen-bond acceptors (Lipinski definition) is 3. The maximum Gasteiger partial charge on any atom is 0.416 e. The molecule has 5 nitrogen and oxygen atoms in total. The minimum Gasteiger partial charge on any atom is -0.496 e. The van der Waals surface area contributed by atoms with Crippen molar-refractivity contribution in [2.45, 2.75) is 12.7 Å². The molecule has 2 aromatic carbocycles. The molecule has 27 heavy (non-hydrogen) atoms. The zero-order valence-corrected chi connectivity index (χ0v) is 14.2. The van der Waals surface area contributed by atoms with E-state index in [1.807, 2.05) is 0 Å². The van der Waals surface area contributed by atoms with Crippen molar-refractivity contribution in [2.75, 3.05) is 12.4 Å². The van der Waals surface area contributed by atoms with Gasteiger partial charge in [0.2, 0.25) is 5.91 Å². The zero-order chi connectivity index (χ0) is 19.6. The molecule has 1 N–H and O–H groups in total. The number of halogens is 3. The highest BCUT2D eigenvalue weighted by Crippen LogP contribution is 2.29. The van der Waals surface area contributed by atoms with Gasteiger partial charge in [0.1, 0.15) is 12.3 Å². The number of benzene rings is 2. The molecule has 0 unspecified atom stereocenters. The summed E-state index contributed by atoms with van der Waals surface area (Å²) in [4.78, 5) is 24.7. The first-order chi connectivity index (χ1) is 12.8. The average molecular weight is 376 g/mol. The number of fused-ring (bicyclic) bond motifs is 1. The van der Waals surface area contributed by atoms with E-state index in [4.69, 9.17) is 4.74 Å². The van der Waals surface area contributed by atoms with Crippen LogP contribution in [0.25, 0.3) is 10.8 Å². The third-order valence-electron chi connectivity index (χ3n) is 4.01. The molecule has 0 radical (unpaired) electrons. The number of methoxy groups -OCH3 is 1. The summed E-state index contributed by atoms with van der Waals surface area (Å²) in [7, 11) is 1.50. The highest BCUT2D eigenvalue weighted by atomic mass is 19.4. The molecule has 0 aliphatic rings. The Morgan fingerprint density at radius 3 is 2.41 bits per heavy atom. The van der Waals surface area contributed by atoms with Crippen molar-refractivity contribution in [2.24, 2.45) is 0 Å². The highest BCUT2D eigenvalue weighted by Gasteiger charge is 2.29. The second-order valence-electron chi connectivity index (χ2n) is 5.79. The van der Waals surface area contributed by atoms with Gasteiger partial charge in [-0.05, 0) is 42.5 Å². The third kappa shape index (κ3) is 3.94.